The average molecular weight is 253 g/mol. The second-order valence-corrected chi connectivity index (χ2v) is 4.61. The van der Waals surface area contributed by atoms with E-state index in [9.17, 15) is 4.79 Å². The van der Waals surface area contributed by atoms with Crippen LogP contribution in [0.25, 0.3) is 0 Å². The van der Waals surface area contributed by atoms with Gasteiger partial charge < -0.3 is 4.74 Å². The maximum absolute atomic E-state index is 12.5. The highest BCUT2D eigenvalue weighted by molar-refractivity contribution is 6.02. The summed E-state index contributed by atoms with van der Waals surface area (Å²) in [6.07, 6.45) is 0. The number of Topliss-reactive ketones (excluding diaryl/α,β-unsaturated/α-hetero) is 1. The van der Waals surface area contributed by atoms with Gasteiger partial charge in [0.25, 0.3) is 0 Å². The number of ketones is 1. The summed E-state index contributed by atoms with van der Waals surface area (Å²) in [5, 5.41) is 3.29. The smallest absolute Gasteiger partial charge is 0.184 e. The number of methoxy groups -OCH3 is 1. The Hall–Kier alpha value is -2.13. The van der Waals surface area contributed by atoms with Crippen molar-refractivity contribution in [2.75, 3.05) is 7.11 Å². The lowest BCUT2D eigenvalue weighted by molar-refractivity contribution is 0.0930. The molecule has 0 saturated carbocycles. The third kappa shape index (κ3) is 2.13. The van der Waals surface area contributed by atoms with E-state index in [0.29, 0.717) is 6.54 Å². The van der Waals surface area contributed by atoms with Crippen LogP contribution in [-0.2, 0) is 6.54 Å². The maximum atomic E-state index is 12.5. The molecule has 2 aromatic rings. The molecule has 0 spiro atoms. The first-order chi connectivity index (χ1) is 9.29. The van der Waals surface area contributed by atoms with E-state index in [4.69, 9.17) is 4.74 Å². The van der Waals surface area contributed by atoms with Gasteiger partial charge in [0, 0.05) is 12.1 Å². The molecule has 0 amide bonds. The average Bonchev–Trinajstić information content (AvgIpc) is 2.48. The van der Waals surface area contributed by atoms with Gasteiger partial charge in [0.15, 0.2) is 5.78 Å². The van der Waals surface area contributed by atoms with E-state index in [1.54, 1.807) is 7.11 Å². The topological polar surface area (TPSA) is 38.3 Å². The third-order valence-corrected chi connectivity index (χ3v) is 3.47. The van der Waals surface area contributed by atoms with Crippen LogP contribution in [0.15, 0.2) is 48.5 Å². The van der Waals surface area contributed by atoms with Crippen LogP contribution >= 0.6 is 0 Å². The van der Waals surface area contributed by atoms with E-state index >= 15 is 0 Å². The van der Waals surface area contributed by atoms with Gasteiger partial charge in [-0.25, -0.2) is 0 Å². The van der Waals surface area contributed by atoms with Crippen LogP contribution in [0.4, 0.5) is 0 Å². The summed E-state index contributed by atoms with van der Waals surface area (Å²) in [6.45, 7) is 0.678. The molecule has 0 fully saturated rings. The molecule has 0 radical (unpaired) electrons. The van der Waals surface area contributed by atoms with Gasteiger partial charge in [-0.2, -0.15) is 0 Å². The van der Waals surface area contributed by atoms with Crippen LogP contribution in [0, 0.1) is 0 Å². The molecule has 1 aliphatic rings. The molecule has 2 aromatic carbocycles. The molecule has 1 atom stereocenters. The second kappa shape index (κ2) is 4.86. The number of hydrogen-bond acceptors (Lipinski definition) is 3. The first-order valence-corrected chi connectivity index (χ1v) is 6.29. The van der Waals surface area contributed by atoms with E-state index in [-0.39, 0.29) is 11.8 Å². The van der Waals surface area contributed by atoms with Crippen molar-refractivity contribution < 1.29 is 9.53 Å². The SMILES string of the molecule is COc1ccc2c(c1)CNC(c1ccccc1)C2=O. The van der Waals surface area contributed by atoms with Crippen molar-refractivity contribution in [3.8, 4) is 5.75 Å². The lowest BCUT2D eigenvalue weighted by Crippen LogP contribution is -2.34. The van der Waals surface area contributed by atoms with Gasteiger partial charge in [0.2, 0.25) is 0 Å². The highest BCUT2D eigenvalue weighted by Crippen LogP contribution is 2.28. The lowest BCUT2D eigenvalue weighted by atomic mass is 9.90. The molecule has 0 aliphatic carbocycles. The minimum absolute atomic E-state index is 0.120. The zero-order chi connectivity index (χ0) is 13.2. The fourth-order valence-corrected chi connectivity index (χ4v) is 2.46. The van der Waals surface area contributed by atoms with Crippen LogP contribution < -0.4 is 10.1 Å². The molecule has 0 saturated heterocycles. The molecule has 3 rings (SSSR count). The van der Waals surface area contributed by atoms with E-state index in [2.05, 4.69) is 5.32 Å². The molecule has 1 N–H and O–H groups in total. The minimum atomic E-state index is -0.248. The molecule has 3 heteroatoms. The van der Waals surface area contributed by atoms with Crippen LogP contribution in [0.3, 0.4) is 0 Å². The number of ether oxygens (including phenoxy) is 1. The van der Waals surface area contributed by atoms with E-state index in [1.165, 1.54) is 0 Å². The molecular weight excluding hydrogens is 238 g/mol. The standard InChI is InChI=1S/C16H15NO2/c1-19-13-7-8-14-12(9-13)10-17-15(16(14)18)11-5-3-2-4-6-11/h2-9,15,17H,10H2,1H3. The zero-order valence-electron chi connectivity index (χ0n) is 10.7. The van der Waals surface area contributed by atoms with Gasteiger partial charge in [-0.15, -0.1) is 0 Å². The Balaban J connectivity index is 1.97. The van der Waals surface area contributed by atoms with Crippen molar-refractivity contribution in [1.82, 2.24) is 5.32 Å². The first-order valence-electron chi connectivity index (χ1n) is 6.29. The van der Waals surface area contributed by atoms with Crippen LogP contribution in [-0.4, -0.2) is 12.9 Å². The number of rotatable bonds is 2. The Morgan fingerprint density at radius 2 is 1.95 bits per heavy atom. The van der Waals surface area contributed by atoms with Crippen molar-refractivity contribution in [1.29, 1.82) is 0 Å². The minimum Gasteiger partial charge on any atom is -0.497 e. The Bertz CT molecular complexity index is 607. The van der Waals surface area contributed by atoms with E-state index in [0.717, 1.165) is 22.4 Å². The molecular formula is C16H15NO2. The monoisotopic (exact) mass is 253 g/mol. The van der Waals surface area contributed by atoms with Crippen molar-refractivity contribution in [2.24, 2.45) is 0 Å². The summed E-state index contributed by atoms with van der Waals surface area (Å²) in [6, 6.07) is 15.2. The quantitative estimate of drug-likeness (QED) is 0.894. The molecule has 19 heavy (non-hydrogen) atoms. The number of carbonyl (C=O) groups is 1. The molecule has 1 aliphatic heterocycles. The third-order valence-electron chi connectivity index (χ3n) is 3.47. The number of benzene rings is 2. The van der Waals surface area contributed by atoms with Gasteiger partial charge in [0.05, 0.1) is 13.2 Å². The van der Waals surface area contributed by atoms with Crippen LogP contribution in [0.5, 0.6) is 5.75 Å². The summed E-state index contributed by atoms with van der Waals surface area (Å²) in [5.41, 5.74) is 2.79. The molecule has 96 valence electrons. The summed E-state index contributed by atoms with van der Waals surface area (Å²) in [4.78, 5) is 12.5. The predicted molar refractivity (Wildman–Crippen MR) is 73.3 cm³/mol. The summed E-state index contributed by atoms with van der Waals surface area (Å²) >= 11 is 0. The molecule has 1 heterocycles. The molecule has 0 aromatic heterocycles. The fraction of sp³-hybridized carbons (Fsp3) is 0.188. The van der Waals surface area contributed by atoms with Gasteiger partial charge in [-0.3, -0.25) is 10.1 Å². The summed E-state index contributed by atoms with van der Waals surface area (Å²) in [5.74, 6) is 0.904. The summed E-state index contributed by atoms with van der Waals surface area (Å²) in [7, 11) is 1.63. The van der Waals surface area contributed by atoms with Gasteiger partial charge in [-0.1, -0.05) is 30.3 Å². The predicted octanol–water partition coefficient (Wildman–Crippen LogP) is 2.72. The number of hydrogen-bond donors (Lipinski definition) is 1. The van der Waals surface area contributed by atoms with Gasteiger partial charge in [0.1, 0.15) is 5.75 Å². The van der Waals surface area contributed by atoms with E-state index in [1.807, 2.05) is 48.5 Å². The van der Waals surface area contributed by atoms with Crippen molar-refractivity contribution in [3.63, 3.8) is 0 Å². The van der Waals surface area contributed by atoms with Crippen molar-refractivity contribution in [3.05, 3.63) is 65.2 Å². The van der Waals surface area contributed by atoms with Gasteiger partial charge in [-0.05, 0) is 29.3 Å². The maximum Gasteiger partial charge on any atom is 0.184 e. The lowest BCUT2D eigenvalue weighted by Gasteiger charge is -2.25. The summed E-state index contributed by atoms with van der Waals surface area (Å²) < 4.78 is 5.19. The zero-order valence-corrected chi connectivity index (χ0v) is 10.7. The second-order valence-electron chi connectivity index (χ2n) is 4.61. The number of carbonyl (C=O) groups excluding carboxylic acids is 1. The van der Waals surface area contributed by atoms with Crippen molar-refractivity contribution >= 4 is 5.78 Å². The number of nitrogens with one attached hydrogen (secondary N) is 1. The Morgan fingerprint density at radius 1 is 1.16 bits per heavy atom. The highest BCUT2D eigenvalue weighted by Gasteiger charge is 2.28. The Morgan fingerprint density at radius 3 is 2.68 bits per heavy atom. The van der Waals surface area contributed by atoms with E-state index < -0.39 is 0 Å². The Kier molecular flexibility index (Phi) is 3.05. The van der Waals surface area contributed by atoms with Gasteiger partial charge >= 0.3 is 0 Å². The van der Waals surface area contributed by atoms with Crippen molar-refractivity contribution in [2.45, 2.75) is 12.6 Å². The molecule has 0 bridgehead atoms. The fourth-order valence-electron chi connectivity index (χ4n) is 2.46. The largest absolute Gasteiger partial charge is 0.497 e. The first kappa shape index (κ1) is 11.9. The number of fused-ring (bicyclic) bond motifs is 1. The van der Waals surface area contributed by atoms with Crippen LogP contribution in [0.1, 0.15) is 27.5 Å². The normalized spacial score (nSPS) is 17.9. The molecule has 3 nitrogen and oxygen atoms in total. The Labute approximate surface area is 112 Å². The molecule has 1 unspecified atom stereocenters. The van der Waals surface area contributed by atoms with Crippen LogP contribution in [0.2, 0.25) is 0 Å². The highest BCUT2D eigenvalue weighted by atomic mass is 16.5.